The van der Waals surface area contributed by atoms with Crippen LogP contribution in [-0.2, 0) is 16.0 Å². The highest BCUT2D eigenvalue weighted by Gasteiger charge is 2.24. The average Bonchev–Trinajstić information content (AvgIpc) is 3.34. The number of H-pyrrole nitrogens is 1. The molecule has 2 aromatic carbocycles. The fourth-order valence-electron chi connectivity index (χ4n) is 3.92. The zero-order valence-electron chi connectivity index (χ0n) is 16.8. The quantitative estimate of drug-likeness (QED) is 0.534. The molecule has 1 fully saturated rings. The highest BCUT2D eigenvalue weighted by molar-refractivity contribution is 5.95. The zero-order valence-corrected chi connectivity index (χ0v) is 16.8. The van der Waals surface area contributed by atoms with Crippen LogP contribution in [0, 0.1) is 5.82 Å². The highest BCUT2D eigenvalue weighted by Crippen LogP contribution is 2.35. The number of aromatic amines is 1. The van der Waals surface area contributed by atoms with Crippen LogP contribution in [0.5, 0.6) is 5.75 Å². The fraction of sp³-hybridized carbons (Fsp3) is 0.304. The lowest BCUT2D eigenvalue weighted by molar-refractivity contribution is -0.121. The molecule has 0 bridgehead atoms. The van der Waals surface area contributed by atoms with Gasteiger partial charge in [0.1, 0.15) is 17.3 Å². The maximum Gasteiger partial charge on any atom is 0.237 e. The summed E-state index contributed by atoms with van der Waals surface area (Å²) in [5.41, 5.74) is 3.54. The van der Waals surface area contributed by atoms with E-state index in [4.69, 9.17) is 4.74 Å². The summed E-state index contributed by atoms with van der Waals surface area (Å²) in [6.07, 6.45) is 1.56. The van der Waals surface area contributed by atoms with Crippen molar-refractivity contribution in [2.75, 3.05) is 20.2 Å². The van der Waals surface area contributed by atoms with E-state index in [0.717, 1.165) is 27.7 Å². The van der Waals surface area contributed by atoms with Crippen molar-refractivity contribution in [2.24, 2.45) is 0 Å². The number of hydrogen-bond donors (Lipinski definition) is 3. The molecular formula is C23H24FN3O3. The smallest absolute Gasteiger partial charge is 0.237 e. The van der Waals surface area contributed by atoms with Crippen molar-refractivity contribution in [3.8, 4) is 17.0 Å². The molecule has 0 radical (unpaired) electrons. The number of fused-ring (bicyclic) bond motifs is 1. The van der Waals surface area contributed by atoms with E-state index in [1.807, 2.05) is 18.2 Å². The zero-order chi connectivity index (χ0) is 21.1. The van der Waals surface area contributed by atoms with Crippen LogP contribution in [-0.4, -0.2) is 42.9 Å². The summed E-state index contributed by atoms with van der Waals surface area (Å²) < 4.78 is 18.9. The van der Waals surface area contributed by atoms with Gasteiger partial charge in [-0.3, -0.25) is 14.9 Å². The Morgan fingerprint density at radius 2 is 2.03 bits per heavy atom. The number of rotatable bonds is 8. The minimum Gasteiger partial charge on any atom is -0.495 e. The first-order chi connectivity index (χ1) is 14.6. The van der Waals surface area contributed by atoms with Gasteiger partial charge in [-0.1, -0.05) is 12.1 Å². The summed E-state index contributed by atoms with van der Waals surface area (Å²) in [5, 5.41) is 6.77. The van der Waals surface area contributed by atoms with Crippen molar-refractivity contribution < 1.29 is 18.7 Å². The molecule has 6 nitrogen and oxygen atoms in total. The van der Waals surface area contributed by atoms with E-state index in [9.17, 15) is 14.0 Å². The summed E-state index contributed by atoms with van der Waals surface area (Å²) in [6, 6.07) is 11.8. The third-order valence-electron chi connectivity index (χ3n) is 5.50. The summed E-state index contributed by atoms with van der Waals surface area (Å²) in [4.78, 5) is 27.5. The molecule has 30 heavy (non-hydrogen) atoms. The van der Waals surface area contributed by atoms with Crippen LogP contribution in [0.15, 0.2) is 42.5 Å². The minimum absolute atomic E-state index is 0.0389. The third kappa shape index (κ3) is 4.07. The van der Waals surface area contributed by atoms with Crippen LogP contribution in [0.1, 0.15) is 18.4 Å². The number of ketones is 1. The molecule has 1 aromatic heterocycles. The number of amides is 1. The van der Waals surface area contributed by atoms with E-state index < -0.39 is 0 Å². The van der Waals surface area contributed by atoms with Gasteiger partial charge in [0.2, 0.25) is 5.91 Å². The number of Topliss-reactive ketones (excluding diaryl/α,β-unsaturated/α-hetero) is 1. The standard InChI is InChI=1S/C23H24FN3O3/c1-30-20-4-2-3-17-18(10-9-16(28)13-26-19-11-12-25-23(19)29)21(27-22(17)20)14-5-7-15(24)8-6-14/h2-8,19,26-27H,9-13H2,1H3,(H,25,29)/t19-/m0/s1. The second kappa shape index (κ2) is 8.67. The van der Waals surface area contributed by atoms with Crippen LogP contribution in [0.2, 0.25) is 0 Å². The van der Waals surface area contributed by atoms with E-state index in [2.05, 4.69) is 15.6 Å². The average molecular weight is 409 g/mol. The molecule has 3 N–H and O–H groups in total. The Labute approximate surface area is 173 Å². The molecule has 3 aromatic rings. The van der Waals surface area contributed by atoms with Crippen LogP contribution in [0.4, 0.5) is 4.39 Å². The summed E-state index contributed by atoms with van der Waals surface area (Å²) in [6.45, 7) is 0.804. The molecular weight excluding hydrogens is 385 g/mol. The molecule has 1 saturated heterocycles. The number of carbonyl (C=O) groups is 2. The van der Waals surface area contributed by atoms with Crippen molar-refractivity contribution >= 4 is 22.6 Å². The van der Waals surface area contributed by atoms with Gasteiger partial charge in [0.25, 0.3) is 0 Å². The molecule has 1 aliphatic rings. The largest absolute Gasteiger partial charge is 0.495 e. The van der Waals surface area contributed by atoms with Gasteiger partial charge in [-0.05, 0) is 54.3 Å². The number of benzene rings is 2. The molecule has 4 rings (SSSR count). The first-order valence-electron chi connectivity index (χ1n) is 10.0. The van der Waals surface area contributed by atoms with E-state index >= 15 is 0 Å². The van der Waals surface area contributed by atoms with Crippen molar-refractivity contribution in [1.29, 1.82) is 0 Å². The van der Waals surface area contributed by atoms with Crippen LogP contribution in [0.25, 0.3) is 22.2 Å². The Morgan fingerprint density at radius 1 is 1.23 bits per heavy atom. The Bertz CT molecular complexity index is 1080. The maximum atomic E-state index is 13.4. The maximum absolute atomic E-state index is 13.4. The molecule has 7 heteroatoms. The second-order valence-corrected chi connectivity index (χ2v) is 7.42. The van der Waals surface area contributed by atoms with Crippen LogP contribution in [0.3, 0.4) is 0 Å². The Morgan fingerprint density at radius 3 is 2.73 bits per heavy atom. The lowest BCUT2D eigenvalue weighted by Gasteiger charge is -2.09. The normalized spacial score (nSPS) is 16.1. The molecule has 0 saturated carbocycles. The van der Waals surface area contributed by atoms with E-state index in [0.29, 0.717) is 31.6 Å². The number of para-hydroxylation sites is 1. The molecule has 156 valence electrons. The number of aryl methyl sites for hydroxylation is 1. The van der Waals surface area contributed by atoms with Crippen LogP contribution < -0.4 is 15.4 Å². The lowest BCUT2D eigenvalue weighted by atomic mass is 9.99. The lowest BCUT2D eigenvalue weighted by Crippen LogP contribution is -2.39. The van der Waals surface area contributed by atoms with Crippen molar-refractivity contribution in [1.82, 2.24) is 15.6 Å². The van der Waals surface area contributed by atoms with Gasteiger partial charge in [-0.15, -0.1) is 0 Å². The first kappa shape index (κ1) is 20.1. The van der Waals surface area contributed by atoms with Gasteiger partial charge >= 0.3 is 0 Å². The Hall–Kier alpha value is -3.19. The van der Waals surface area contributed by atoms with E-state index in [-0.39, 0.29) is 30.1 Å². The molecule has 1 aliphatic heterocycles. The molecule has 0 spiro atoms. The van der Waals surface area contributed by atoms with Gasteiger partial charge in [0, 0.05) is 24.0 Å². The van der Waals surface area contributed by atoms with E-state index in [1.165, 1.54) is 12.1 Å². The molecule has 0 aliphatic carbocycles. The molecule has 0 unspecified atom stereocenters. The van der Waals surface area contributed by atoms with Gasteiger partial charge in [0.05, 0.1) is 25.2 Å². The number of halogens is 1. The van der Waals surface area contributed by atoms with Gasteiger partial charge < -0.3 is 15.0 Å². The number of nitrogens with one attached hydrogen (secondary N) is 3. The number of aromatic nitrogens is 1. The predicted octanol–water partition coefficient (Wildman–Crippen LogP) is 2.96. The fourth-order valence-corrected chi connectivity index (χ4v) is 3.92. The van der Waals surface area contributed by atoms with Crippen LogP contribution >= 0.6 is 0 Å². The first-order valence-corrected chi connectivity index (χ1v) is 10.0. The topological polar surface area (TPSA) is 83.2 Å². The van der Waals surface area contributed by atoms with E-state index in [1.54, 1.807) is 19.2 Å². The van der Waals surface area contributed by atoms with Crippen molar-refractivity contribution in [2.45, 2.75) is 25.3 Å². The Kier molecular flexibility index (Phi) is 5.81. The number of carbonyl (C=O) groups excluding carboxylic acids is 2. The summed E-state index contributed by atoms with van der Waals surface area (Å²) >= 11 is 0. The minimum atomic E-state index is -0.300. The second-order valence-electron chi connectivity index (χ2n) is 7.42. The number of ether oxygens (including phenoxy) is 1. The Balaban J connectivity index is 1.57. The third-order valence-corrected chi connectivity index (χ3v) is 5.50. The molecule has 2 heterocycles. The van der Waals surface area contributed by atoms with Gasteiger partial charge in [-0.25, -0.2) is 4.39 Å². The number of hydrogen-bond acceptors (Lipinski definition) is 4. The highest BCUT2D eigenvalue weighted by atomic mass is 19.1. The monoisotopic (exact) mass is 409 g/mol. The molecule has 1 atom stereocenters. The van der Waals surface area contributed by atoms with Gasteiger partial charge in [-0.2, -0.15) is 0 Å². The van der Waals surface area contributed by atoms with Crippen molar-refractivity contribution in [3.63, 3.8) is 0 Å². The summed E-state index contributed by atoms with van der Waals surface area (Å²) in [5.74, 6) is 0.399. The SMILES string of the molecule is COc1cccc2c(CCC(=O)CN[C@H]3CCNC3=O)c(-c3ccc(F)cc3)[nH]c12. The van der Waals surface area contributed by atoms with Gasteiger partial charge in [0.15, 0.2) is 0 Å². The predicted molar refractivity (Wildman–Crippen MR) is 113 cm³/mol. The summed E-state index contributed by atoms with van der Waals surface area (Å²) in [7, 11) is 1.61. The molecule has 1 amide bonds. The number of methoxy groups -OCH3 is 1. The van der Waals surface area contributed by atoms with Crippen molar-refractivity contribution in [3.05, 3.63) is 53.8 Å².